The molecule has 0 saturated heterocycles. The van der Waals surface area contributed by atoms with Gasteiger partial charge in [0.05, 0.1) is 14.2 Å². The summed E-state index contributed by atoms with van der Waals surface area (Å²) in [5.41, 5.74) is 0. The van der Waals surface area contributed by atoms with Gasteiger partial charge in [-0.05, 0) is 24.3 Å². The van der Waals surface area contributed by atoms with Crippen LogP contribution in [0.15, 0.2) is 48.5 Å². The monoisotopic (exact) mass is 230 g/mol. The summed E-state index contributed by atoms with van der Waals surface area (Å²) in [5.74, 6) is 2.81. The minimum Gasteiger partial charge on any atom is -0.497 e. The van der Waals surface area contributed by atoms with Crippen LogP contribution in [0.3, 0.4) is 0 Å². The highest BCUT2D eigenvalue weighted by molar-refractivity contribution is 5.47. The molecular formula is C14H14O3. The van der Waals surface area contributed by atoms with Gasteiger partial charge in [-0.1, -0.05) is 18.2 Å². The molecule has 0 N–H and O–H groups in total. The highest BCUT2D eigenvalue weighted by atomic mass is 16.5. The fourth-order valence-corrected chi connectivity index (χ4v) is 1.48. The molecule has 0 amide bonds. The van der Waals surface area contributed by atoms with Crippen molar-refractivity contribution < 1.29 is 14.2 Å². The Morgan fingerprint density at radius 3 is 2.12 bits per heavy atom. The van der Waals surface area contributed by atoms with E-state index in [1.54, 1.807) is 20.3 Å². The van der Waals surface area contributed by atoms with Crippen molar-refractivity contribution in [2.75, 3.05) is 14.2 Å². The molecule has 0 aromatic heterocycles. The Hall–Kier alpha value is -2.16. The molecule has 0 aliphatic rings. The Balaban J connectivity index is 2.30. The van der Waals surface area contributed by atoms with Crippen LogP contribution in [-0.4, -0.2) is 14.2 Å². The smallest absolute Gasteiger partial charge is 0.172 e. The molecule has 0 heterocycles. The molecule has 0 bridgehead atoms. The largest absolute Gasteiger partial charge is 0.497 e. The first kappa shape index (κ1) is 11.3. The molecule has 0 fully saturated rings. The summed E-state index contributed by atoms with van der Waals surface area (Å²) in [6.07, 6.45) is 0. The molecule has 88 valence electrons. The van der Waals surface area contributed by atoms with Crippen molar-refractivity contribution in [3.8, 4) is 23.0 Å². The second-order valence-electron chi connectivity index (χ2n) is 3.43. The van der Waals surface area contributed by atoms with Crippen LogP contribution in [0.25, 0.3) is 0 Å². The van der Waals surface area contributed by atoms with Crippen LogP contribution in [0.1, 0.15) is 0 Å². The van der Waals surface area contributed by atoms with E-state index < -0.39 is 0 Å². The molecule has 2 aromatic carbocycles. The van der Waals surface area contributed by atoms with E-state index in [2.05, 4.69) is 0 Å². The van der Waals surface area contributed by atoms with E-state index in [-0.39, 0.29) is 0 Å². The third-order valence-electron chi connectivity index (χ3n) is 2.34. The van der Waals surface area contributed by atoms with Crippen LogP contribution in [0.5, 0.6) is 23.0 Å². The Labute approximate surface area is 101 Å². The van der Waals surface area contributed by atoms with E-state index in [0.717, 1.165) is 11.5 Å². The third-order valence-corrected chi connectivity index (χ3v) is 2.34. The minimum absolute atomic E-state index is 0.637. The molecule has 0 saturated carbocycles. The molecule has 0 atom stereocenters. The van der Waals surface area contributed by atoms with Crippen LogP contribution < -0.4 is 14.2 Å². The Morgan fingerprint density at radius 2 is 1.47 bits per heavy atom. The average Bonchev–Trinajstić information content (AvgIpc) is 2.40. The fourth-order valence-electron chi connectivity index (χ4n) is 1.48. The van der Waals surface area contributed by atoms with E-state index in [1.165, 1.54) is 0 Å². The predicted molar refractivity (Wildman–Crippen MR) is 66.1 cm³/mol. The van der Waals surface area contributed by atoms with Crippen molar-refractivity contribution in [3.05, 3.63) is 48.5 Å². The van der Waals surface area contributed by atoms with Gasteiger partial charge in [0.15, 0.2) is 11.5 Å². The number of benzene rings is 2. The summed E-state index contributed by atoms with van der Waals surface area (Å²) < 4.78 is 16.1. The summed E-state index contributed by atoms with van der Waals surface area (Å²) in [5, 5.41) is 0. The lowest BCUT2D eigenvalue weighted by atomic mass is 10.3. The minimum atomic E-state index is 0.637. The van der Waals surface area contributed by atoms with E-state index >= 15 is 0 Å². The van der Waals surface area contributed by atoms with Crippen LogP contribution in [-0.2, 0) is 0 Å². The maximum atomic E-state index is 5.74. The first-order chi connectivity index (χ1) is 8.33. The van der Waals surface area contributed by atoms with E-state index in [0.29, 0.717) is 11.5 Å². The van der Waals surface area contributed by atoms with E-state index in [4.69, 9.17) is 14.2 Å². The van der Waals surface area contributed by atoms with Gasteiger partial charge in [0, 0.05) is 6.07 Å². The average molecular weight is 230 g/mol. The van der Waals surface area contributed by atoms with Crippen molar-refractivity contribution in [2.24, 2.45) is 0 Å². The molecule has 0 aliphatic heterocycles. The standard InChI is InChI=1S/C14H14O3/c1-15-12-8-9-13(16-2)14(10-12)17-11-6-4-3-5-7-11/h3-10H,1-2H3. The summed E-state index contributed by atoms with van der Waals surface area (Å²) in [7, 11) is 3.23. The highest BCUT2D eigenvalue weighted by Crippen LogP contribution is 2.34. The highest BCUT2D eigenvalue weighted by Gasteiger charge is 2.07. The van der Waals surface area contributed by atoms with Gasteiger partial charge in [-0.25, -0.2) is 0 Å². The van der Waals surface area contributed by atoms with Crippen molar-refractivity contribution in [1.29, 1.82) is 0 Å². The van der Waals surface area contributed by atoms with Gasteiger partial charge in [-0.2, -0.15) is 0 Å². The fraction of sp³-hybridized carbons (Fsp3) is 0.143. The predicted octanol–water partition coefficient (Wildman–Crippen LogP) is 3.50. The maximum absolute atomic E-state index is 5.74. The quantitative estimate of drug-likeness (QED) is 0.804. The van der Waals surface area contributed by atoms with Gasteiger partial charge in [-0.15, -0.1) is 0 Å². The van der Waals surface area contributed by atoms with Crippen molar-refractivity contribution in [3.63, 3.8) is 0 Å². The lowest BCUT2D eigenvalue weighted by Gasteiger charge is -2.11. The number of hydrogen-bond acceptors (Lipinski definition) is 3. The number of rotatable bonds is 4. The van der Waals surface area contributed by atoms with Crippen LogP contribution in [0, 0.1) is 0 Å². The van der Waals surface area contributed by atoms with Gasteiger partial charge < -0.3 is 14.2 Å². The van der Waals surface area contributed by atoms with Crippen LogP contribution >= 0.6 is 0 Å². The van der Waals surface area contributed by atoms with Crippen molar-refractivity contribution >= 4 is 0 Å². The van der Waals surface area contributed by atoms with Crippen molar-refractivity contribution in [2.45, 2.75) is 0 Å². The lowest BCUT2D eigenvalue weighted by molar-refractivity contribution is 0.371. The van der Waals surface area contributed by atoms with Gasteiger partial charge in [0.25, 0.3) is 0 Å². The molecule has 17 heavy (non-hydrogen) atoms. The van der Waals surface area contributed by atoms with Gasteiger partial charge in [-0.3, -0.25) is 0 Å². The van der Waals surface area contributed by atoms with Gasteiger partial charge in [0.2, 0.25) is 0 Å². The zero-order chi connectivity index (χ0) is 12.1. The summed E-state index contributed by atoms with van der Waals surface area (Å²) >= 11 is 0. The van der Waals surface area contributed by atoms with Gasteiger partial charge >= 0.3 is 0 Å². The number of hydrogen-bond donors (Lipinski definition) is 0. The summed E-state index contributed by atoms with van der Waals surface area (Å²) in [6.45, 7) is 0. The molecular weight excluding hydrogens is 216 g/mol. The second-order valence-corrected chi connectivity index (χ2v) is 3.43. The molecule has 2 rings (SSSR count). The number of ether oxygens (including phenoxy) is 3. The van der Waals surface area contributed by atoms with Crippen LogP contribution in [0.2, 0.25) is 0 Å². The van der Waals surface area contributed by atoms with Crippen molar-refractivity contribution in [1.82, 2.24) is 0 Å². The molecule has 3 heteroatoms. The van der Waals surface area contributed by atoms with E-state index in [9.17, 15) is 0 Å². The molecule has 0 radical (unpaired) electrons. The second kappa shape index (κ2) is 5.25. The zero-order valence-corrected chi connectivity index (χ0v) is 9.84. The van der Waals surface area contributed by atoms with Gasteiger partial charge in [0.1, 0.15) is 11.5 Å². The van der Waals surface area contributed by atoms with E-state index in [1.807, 2.05) is 42.5 Å². The Bertz CT molecular complexity index is 480. The molecule has 0 spiro atoms. The molecule has 3 nitrogen and oxygen atoms in total. The molecule has 0 unspecified atom stereocenters. The Kier molecular flexibility index (Phi) is 3.50. The SMILES string of the molecule is COc1ccc(OC)c(Oc2ccccc2)c1. The normalized spacial score (nSPS) is 9.76. The summed E-state index contributed by atoms with van der Waals surface area (Å²) in [6, 6.07) is 15.0. The lowest BCUT2D eigenvalue weighted by Crippen LogP contribution is -1.91. The molecule has 0 aliphatic carbocycles. The Morgan fingerprint density at radius 1 is 0.706 bits per heavy atom. The molecule has 2 aromatic rings. The first-order valence-electron chi connectivity index (χ1n) is 5.28. The third kappa shape index (κ3) is 2.69. The number of para-hydroxylation sites is 1. The first-order valence-corrected chi connectivity index (χ1v) is 5.28. The number of methoxy groups -OCH3 is 2. The topological polar surface area (TPSA) is 27.7 Å². The zero-order valence-electron chi connectivity index (χ0n) is 9.84. The summed E-state index contributed by atoms with van der Waals surface area (Å²) in [4.78, 5) is 0. The van der Waals surface area contributed by atoms with Crippen LogP contribution in [0.4, 0.5) is 0 Å². The maximum Gasteiger partial charge on any atom is 0.172 e.